The molecule has 23 heavy (non-hydrogen) atoms. The van der Waals surface area contributed by atoms with E-state index in [1.807, 2.05) is 31.2 Å². The molecule has 1 atom stereocenters. The SMILES string of the molecule is Cc1ccc(-n2nnnc2NCC(O)c2ccc(Cl)cc2)cc1. The minimum absolute atomic E-state index is 0.286. The van der Waals surface area contributed by atoms with Gasteiger partial charge < -0.3 is 10.4 Å². The van der Waals surface area contributed by atoms with Crippen molar-refractivity contribution in [3.8, 4) is 5.69 Å². The van der Waals surface area contributed by atoms with E-state index in [2.05, 4.69) is 20.8 Å². The summed E-state index contributed by atoms with van der Waals surface area (Å²) in [4.78, 5) is 0. The van der Waals surface area contributed by atoms with Crippen molar-refractivity contribution in [2.45, 2.75) is 13.0 Å². The lowest BCUT2D eigenvalue weighted by Crippen LogP contribution is -2.15. The predicted molar refractivity (Wildman–Crippen MR) is 88.8 cm³/mol. The molecule has 1 unspecified atom stereocenters. The second kappa shape index (κ2) is 6.76. The summed E-state index contributed by atoms with van der Waals surface area (Å²) in [6, 6.07) is 14.9. The van der Waals surface area contributed by atoms with Gasteiger partial charge >= 0.3 is 0 Å². The molecule has 0 aliphatic carbocycles. The minimum Gasteiger partial charge on any atom is -0.387 e. The number of anilines is 1. The van der Waals surface area contributed by atoms with Gasteiger partial charge in [0.05, 0.1) is 11.8 Å². The standard InChI is InChI=1S/C16H16ClN5O/c1-11-2-8-14(9-3-11)22-16(19-20-21-22)18-10-15(23)12-4-6-13(17)7-5-12/h2-9,15,23H,10H2,1H3,(H,18,19,21). The van der Waals surface area contributed by atoms with Crippen LogP contribution < -0.4 is 5.32 Å². The maximum atomic E-state index is 10.2. The van der Waals surface area contributed by atoms with Gasteiger partial charge in [-0.2, -0.15) is 4.68 Å². The van der Waals surface area contributed by atoms with Crippen LogP contribution in [0.3, 0.4) is 0 Å². The first-order valence-electron chi connectivity index (χ1n) is 7.16. The smallest absolute Gasteiger partial charge is 0.247 e. The van der Waals surface area contributed by atoms with Crippen LogP contribution in [0.4, 0.5) is 5.95 Å². The second-order valence-corrected chi connectivity index (χ2v) is 5.63. The number of nitrogens with one attached hydrogen (secondary N) is 1. The first kappa shape index (κ1) is 15.5. The summed E-state index contributed by atoms with van der Waals surface area (Å²) in [5.41, 5.74) is 2.79. The average molecular weight is 330 g/mol. The van der Waals surface area contributed by atoms with Crippen molar-refractivity contribution in [1.82, 2.24) is 20.2 Å². The van der Waals surface area contributed by atoms with Crippen LogP contribution in [0.15, 0.2) is 48.5 Å². The Hall–Kier alpha value is -2.44. The van der Waals surface area contributed by atoms with E-state index in [1.165, 1.54) is 0 Å². The third kappa shape index (κ3) is 3.67. The van der Waals surface area contributed by atoms with Crippen LogP contribution in [0.2, 0.25) is 5.02 Å². The fourth-order valence-electron chi connectivity index (χ4n) is 2.15. The monoisotopic (exact) mass is 329 g/mol. The van der Waals surface area contributed by atoms with E-state index in [1.54, 1.807) is 28.9 Å². The van der Waals surface area contributed by atoms with E-state index in [0.717, 1.165) is 16.8 Å². The van der Waals surface area contributed by atoms with Gasteiger partial charge in [0.1, 0.15) is 0 Å². The van der Waals surface area contributed by atoms with E-state index in [0.29, 0.717) is 11.0 Å². The number of aliphatic hydroxyl groups excluding tert-OH is 1. The molecule has 3 aromatic rings. The molecular formula is C16H16ClN5O. The van der Waals surface area contributed by atoms with Crippen molar-refractivity contribution in [3.63, 3.8) is 0 Å². The molecule has 118 valence electrons. The van der Waals surface area contributed by atoms with Crippen LogP contribution in [0.5, 0.6) is 0 Å². The molecule has 0 aliphatic rings. The molecule has 0 saturated heterocycles. The topological polar surface area (TPSA) is 75.9 Å². The summed E-state index contributed by atoms with van der Waals surface area (Å²) in [6.07, 6.45) is -0.685. The number of halogens is 1. The van der Waals surface area contributed by atoms with Crippen molar-refractivity contribution in [3.05, 3.63) is 64.7 Å². The van der Waals surface area contributed by atoms with Gasteiger partial charge in [-0.15, -0.1) is 0 Å². The highest BCUT2D eigenvalue weighted by atomic mass is 35.5. The first-order valence-corrected chi connectivity index (χ1v) is 7.54. The molecule has 0 spiro atoms. The van der Waals surface area contributed by atoms with Gasteiger partial charge in [0, 0.05) is 11.6 Å². The molecule has 0 saturated carbocycles. The summed E-state index contributed by atoms with van der Waals surface area (Å²) in [5.74, 6) is 0.474. The molecule has 0 aliphatic heterocycles. The van der Waals surface area contributed by atoms with Crippen LogP contribution in [0, 0.1) is 6.92 Å². The van der Waals surface area contributed by atoms with Gasteiger partial charge in [-0.1, -0.05) is 46.5 Å². The Balaban J connectivity index is 1.70. The molecule has 0 amide bonds. The largest absolute Gasteiger partial charge is 0.387 e. The number of aliphatic hydroxyl groups is 1. The Bertz CT molecular complexity index is 770. The molecular weight excluding hydrogens is 314 g/mol. The second-order valence-electron chi connectivity index (χ2n) is 5.20. The molecule has 0 radical (unpaired) electrons. The van der Waals surface area contributed by atoms with Gasteiger partial charge in [0.2, 0.25) is 5.95 Å². The van der Waals surface area contributed by atoms with Crippen LogP contribution in [-0.4, -0.2) is 31.9 Å². The number of benzene rings is 2. The van der Waals surface area contributed by atoms with Crippen molar-refractivity contribution in [2.24, 2.45) is 0 Å². The Morgan fingerprint density at radius 2 is 1.83 bits per heavy atom. The summed E-state index contributed by atoms with van der Waals surface area (Å²) in [6.45, 7) is 2.30. The van der Waals surface area contributed by atoms with E-state index < -0.39 is 6.10 Å². The zero-order valence-corrected chi connectivity index (χ0v) is 13.3. The van der Waals surface area contributed by atoms with Gasteiger partial charge in [-0.25, -0.2) is 0 Å². The van der Waals surface area contributed by atoms with Crippen LogP contribution >= 0.6 is 11.6 Å². The van der Waals surface area contributed by atoms with Crippen LogP contribution in [0.1, 0.15) is 17.2 Å². The Morgan fingerprint density at radius 3 is 2.52 bits per heavy atom. The molecule has 1 heterocycles. The van der Waals surface area contributed by atoms with E-state index in [-0.39, 0.29) is 6.54 Å². The van der Waals surface area contributed by atoms with Gasteiger partial charge in [-0.05, 0) is 47.2 Å². The summed E-state index contributed by atoms with van der Waals surface area (Å²) in [5, 5.41) is 25.5. The number of tetrazole rings is 1. The van der Waals surface area contributed by atoms with Crippen LogP contribution in [0.25, 0.3) is 5.69 Å². The number of nitrogens with zero attached hydrogens (tertiary/aromatic N) is 4. The number of rotatable bonds is 5. The quantitative estimate of drug-likeness (QED) is 0.752. The zero-order valence-electron chi connectivity index (χ0n) is 12.5. The van der Waals surface area contributed by atoms with E-state index in [4.69, 9.17) is 11.6 Å². The number of aryl methyl sites for hydroxylation is 1. The van der Waals surface area contributed by atoms with Gasteiger partial charge in [0.25, 0.3) is 0 Å². The fourth-order valence-corrected chi connectivity index (χ4v) is 2.27. The fraction of sp³-hybridized carbons (Fsp3) is 0.188. The van der Waals surface area contributed by atoms with Gasteiger partial charge in [0.15, 0.2) is 0 Å². The lowest BCUT2D eigenvalue weighted by atomic mass is 10.1. The average Bonchev–Trinajstić information content (AvgIpc) is 3.02. The molecule has 0 fully saturated rings. The van der Waals surface area contributed by atoms with Crippen molar-refractivity contribution >= 4 is 17.5 Å². The highest BCUT2D eigenvalue weighted by Crippen LogP contribution is 2.18. The highest BCUT2D eigenvalue weighted by Gasteiger charge is 2.11. The summed E-state index contributed by atoms with van der Waals surface area (Å²) >= 11 is 5.85. The molecule has 7 heteroatoms. The lowest BCUT2D eigenvalue weighted by molar-refractivity contribution is 0.191. The van der Waals surface area contributed by atoms with Crippen molar-refractivity contribution in [1.29, 1.82) is 0 Å². The van der Waals surface area contributed by atoms with Crippen molar-refractivity contribution < 1.29 is 5.11 Å². The van der Waals surface area contributed by atoms with Crippen molar-refractivity contribution in [2.75, 3.05) is 11.9 Å². The number of hydrogen-bond donors (Lipinski definition) is 2. The molecule has 2 aromatic carbocycles. The van der Waals surface area contributed by atoms with Crippen LogP contribution in [-0.2, 0) is 0 Å². The Kier molecular flexibility index (Phi) is 4.55. The maximum Gasteiger partial charge on any atom is 0.247 e. The highest BCUT2D eigenvalue weighted by molar-refractivity contribution is 6.30. The van der Waals surface area contributed by atoms with Gasteiger partial charge in [-0.3, -0.25) is 0 Å². The zero-order chi connectivity index (χ0) is 16.2. The molecule has 2 N–H and O–H groups in total. The molecule has 3 rings (SSSR count). The predicted octanol–water partition coefficient (Wildman–Crippen LogP) is 2.77. The van der Waals surface area contributed by atoms with E-state index >= 15 is 0 Å². The number of aromatic nitrogens is 4. The summed E-state index contributed by atoms with van der Waals surface area (Å²) < 4.78 is 1.59. The molecule has 6 nitrogen and oxygen atoms in total. The molecule has 1 aromatic heterocycles. The lowest BCUT2D eigenvalue weighted by Gasteiger charge is -2.13. The Labute approximate surface area is 138 Å². The molecule has 0 bridgehead atoms. The van der Waals surface area contributed by atoms with E-state index in [9.17, 15) is 5.11 Å². The minimum atomic E-state index is -0.685. The first-order chi connectivity index (χ1) is 11.1. The Morgan fingerprint density at radius 1 is 1.13 bits per heavy atom. The number of hydrogen-bond acceptors (Lipinski definition) is 5. The third-order valence-electron chi connectivity index (χ3n) is 3.46. The third-order valence-corrected chi connectivity index (χ3v) is 3.71. The normalized spacial score (nSPS) is 12.1. The maximum absolute atomic E-state index is 10.2. The summed E-state index contributed by atoms with van der Waals surface area (Å²) in [7, 11) is 0.